The molecule has 0 saturated heterocycles. The number of benzene rings is 3. The van der Waals surface area contributed by atoms with Crippen molar-refractivity contribution in [2.24, 2.45) is 0 Å². The summed E-state index contributed by atoms with van der Waals surface area (Å²) in [4.78, 5) is 40.6. The average Bonchev–Trinajstić information content (AvgIpc) is 3.42. The third kappa shape index (κ3) is 5.17. The van der Waals surface area contributed by atoms with Crippen molar-refractivity contribution in [3.05, 3.63) is 132 Å². The number of rotatable bonds is 7. The average molecular weight is 510 g/mol. The standard InChI is InChI=1S/C30H27N3O3S/c1-20-9-10-21(2)23(16-20)19-32-27-8-4-3-7-26(27)29(35)33(30(32)36)24-13-11-22(12-14-24)17-28(34)31-18-25-6-5-15-37-25/h3-16H,17-19H2,1-2H3,(H,31,34). The Bertz CT molecular complexity index is 1700. The zero-order chi connectivity index (χ0) is 25.9. The Balaban J connectivity index is 1.48. The highest BCUT2D eigenvalue weighted by Crippen LogP contribution is 2.16. The Kier molecular flexibility index (Phi) is 6.88. The number of hydrogen-bond acceptors (Lipinski definition) is 4. The van der Waals surface area contributed by atoms with Gasteiger partial charge in [-0.1, -0.05) is 54.1 Å². The number of fused-ring (bicyclic) bond motifs is 1. The molecule has 2 aromatic heterocycles. The molecule has 3 aromatic carbocycles. The van der Waals surface area contributed by atoms with Crippen LogP contribution in [0.25, 0.3) is 16.6 Å². The van der Waals surface area contributed by atoms with Crippen LogP contribution in [0.2, 0.25) is 0 Å². The van der Waals surface area contributed by atoms with E-state index in [9.17, 15) is 14.4 Å². The first-order valence-electron chi connectivity index (χ1n) is 12.1. The van der Waals surface area contributed by atoms with Crippen LogP contribution in [-0.2, 0) is 24.3 Å². The lowest BCUT2D eigenvalue weighted by molar-refractivity contribution is -0.120. The Morgan fingerprint density at radius 2 is 1.70 bits per heavy atom. The number of aromatic nitrogens is 2. The molecule has 0 atom stereocenters. The molecule has 2 heterocycles. The van der Waals surface area contributed by atoms with E-state index >= 15 is 0 Å². The summed E-state index contributed by atoms with van der Waals surface area (Å²) in [6, 6.07) is 24.3. The Morgan fingerprint density at radius 3 is 2.46 bits per heavy atom. The van der Waals surface area contributed by atoms with Crippen molar-refractivity contribution in [1.82, 2.24) is 14.5 Å². The van der Waals surface area contributed by atoms with Crippen LogP contribution in [0, 0.1) is 13.8 Å². The third-order valence-corrected chi connectivity index (χ3v) is 7.36. The van der Waals surface area contributed by atoms with Gasteiger partial charge in [0.25, 0.3) is 5.56 Å². The number of nitrogens with zero attached hydrogens (tertiary/aromatic N) is 2. The van der Waals surface area contributed by atoms with Crippen molar-refractivity contribution in [3.8, 4) is 5.69 Å². The fourth-order valence-electron chi connectivity index (χ4n) is 4.45. The molecular weight excluding hydrogens is 482 g/mol. The quantitative estimate of drug-likeness (QED) is 0.345. The number of thiophene rings is 1. The molecule has 1 amide bonds. The molecule has 6 nitrogen and oxygen atoms in total. The fraction of sp³-hybridized carbons (Fsp3) is 0.167. The molecule has 186 valence electrons. The van der Waals surface area contributed by atoms with E-state index in [1.54, 1.807) is 52.3 Å². The predicted octanol–water partition coefficient (Wildman–Crippen LogP) is 4.74. The first-order valence-corrected chi connectivity index (χ1v) is 13.0. The molecule has 0 bridgehead atoms. The van der Waals surface area contributed by atoms with Crippen LogP contribution < -0.4 is 16.6 Å². The highest BCUT2D eigenvalue weighted by Gasteiger charge is 2.16. The van der Waals surface area contributed by atoms with Crippen molar-refractivity contribution in [2.45, 2.75) is 33.4 Å². The minimum absolute atomic E-state index is 0.0834. The van der Waals surface area contributed by atoms with Gasteiger partial charge in [0.05, 0.1) is 36.1 Å². The van der Waals surface area contributed by atoms with E-state index in [4.69, 9.17) is 0 Å². The highest BCUT2D eigenvalue weighted by molar-refractivity contribution is 7.09. The molecule has 0 aliphatic rings. The van der Waals surface area contributed by atoms with E-state index in [1.165, 1.54) is 4.57 Å². The van der Waals surface area contributed by atoms with Gasteiger partial charge in [-0.05, 0) is 66.2 Å². The second-order valence-electron chi connectivity index (χ2n) is 9.16. The van der Waals surface area contributed by atoms with Gasteiger partial charge in [0.2, 0.25) is 5.91 Å². The van der Waals surface area contributed by atoms with E-state index in [0.717, 1.165) is 27.1 Å². The normalized spacial score (nSPS) is 11.1. The molecule has 1 N–H and O–H groups in total. The molecular formula is C30H27N3O3S. The highest BCUT2D eigenvalue weighted by atomic mass is 32.1. The molecule has 0 saturated carbocycles. The van der Waals surface area contributed by atoms with Gasteiger partial charge in [-0.3, -0.25) is 14.2 Å². The van der Waals surface area contributed by atoms with Gasteiger partial charge in [-0.25, -0.2) is 9.36 Å². The fourth-order valence-corrected chi connectivity index (χ4v) is 5.10. The van der Waals surface area contributed by atoms with E-state index in [-0.39, 0.29) is 17.9 Å². The lowest BCUT2D eigenvalue weighted by atomic mass is 10.1. The van der Waals surface area contributed by atoms with E-state index in [1.807, 2.05) is 55.6 Å². The second-order valence-corrected chi connectivity index (χ2v) is 10.2. The minimum atomic E-state index is -0.397. The summed E-state index contributed by atoms with van der Waals surface area (Å²) >= 11 is 1.60. The summed E-state index contributed by atoms with van der Waals surface area (Å²) in [6.07, 6.45) is 0.217. The smallest absolute Gasteiger partial charge is 0.336 e. The van der Waals surface area contributed by atoms with Gasteiger partial charge >= 0.3 is 5.69 Å². The number of hydrogen-bond donors (Lipinski definition) is 1. The summed E-state index contributed by atoms with van der Waals surface area (Å²) in [7, 11) is 0. The van der Waals surface area contributed by atoms with Crippen molar-refractivity contribution in [2.75, 3.05) is 0 Å². The van der Waals surface area contributed by atoms with Crippen LogP contribution in [0.1, 0.15) is 27.1 Å². The van der Waals surface area contributed by atoms with Crippen LogP contribution >= 0.6 is 11.3 Å². The maximum Gasteiger partial charge on any atom is 0.336 e. The summed E-state index contributed by atoms with van der Waals surface area (Å²) in [5.41, 5.74) is 4.35. The Morgan fingerprint density at radius 1 is 0.919 bits per heavy atom. The first kappa shape index (κ1) is 24.5. The number of amides is 1. The molecule has 0 spiro atoms. The van der Waals surface area contributed by atoms with Gasteiger partial charge in [-0.2, -0.15) is 0 Å². The van der Waals surface area contributed by atoms with Crippen molar-refractivity contribution >= 4 is 28.1 Å². The maximum atomic E-state index is 13.7. The van der Waals surface area contributed by atoms with E-state index in [2.05, 4.69) is 11.4 Å². The summed E-state index contributed by atoms with van der Waals surface area (Å²) in [6.45, 7) is 4.90. The Hall–Kier alpha value is -4.23. The van der Waals surface area contributed by atoms with E-state index in [0.29, 0.717) is 29.7 Å². The molecule has 0 aliphatic carbocycles. The lowest BCUT2D eigenvalue weighted by Crippen LogP contribution is -2.39. The summed E-state index contributed by atoms with van der Waals surface area (Å²) < 4.78 is 2.87. The van der Waals surface area contributed by atoms with Crippen molar-refractivity contribution in [1.29, 1.82) is 0 Å². The molecule has 0 radical (unpaired) electrons. The summed E-state index contributed by atoms with van der Waals surface area (Å²) in [5, 5.41) is 5.37. The van der Waals surface area contributed by atoms with Gasteiger partial charge in [0.15, 0.2) is 0 Å². The summed E-state index contributed by atoms with van der Waals surface area (Å²) in [5.74, 6) is -0.0834. The van der Waals surface area contributed by atoms with Crippen molar-refractivity contribution in [3.63, 3.8) is 0 Å². The molecule has 5 rings (SSSR count). The third-order valence-electron chi connectivity index (χ3n) is 6.48. The minimum Gasteiger partial charge on any atom is -0.351 e. The number of aryl methyl sites for hydroxylation is 2. The van der Waals surface area contributed by atoms with Crippen LogP contribution in [0.5, 0.6) is 0 Å². The van der Waals surface area contributed by atoms with Gasteiger partial charge in [0.1, 0.15) is 0 Å². The van der Waals surface area contributed by atoms with Crippen LogP contribution in [-0.4, -0.2) is 15.0 Å². The SMILES string of the molecule is Cc1ccc(C)c(Cn2c(=O)n(-c3ccc(CC(=O)NCc4cccs4)cc3)c(=O)c3ccccc32)c1. The monoisotopic (exact) mass is 509 g/mol. The van der Waals surface area contributed by atoms with Crippen LogP contribution in [0.4, 0.5) is 0 Å². The second kappa shape index (κ2) is 10.4. The molecule has 0 aliphatic heterocycles. The topological polar surface area (TPSA) is 73.1 Å². The number of carbonyl (C=O) groups excluding carboxylic acids is 1. The predicted molar refractivity (Wildman–Crippen MR) is 149 cm³/mol. The molecule has 5 aromatic rings. The molecule has 0 unspecified atom stereocenters. The van der Waals surface area contributed by atoms with Crippen molar-refractivity contribution < 1.29 is 4.79 Å². The number of carbonyl (C=O) groups is 1. The maximum absolute atomic E-state index is 13.7. The zero-order valence-electron chi connectivity index (χ0n) is 20.7. The largest absolute Gasteiger partial charge is 0.351 e. The molecule has 0 fully saturated rings. The first-order chi connectivity index (χ1) is 17.9. The van der Waals surface area contributed by atoms with Crippen LogP contribution in [0.3, 0.4) is 0 Å². The molecule has 37 heavy (non-hydrogen) atoms. The van der Waals surface area contributed by atoms with Crippen LogP contribution in [0.15, 0.2) is 93.8 Å². The van der Waals surface area contributed by atoms with Gasteiger partial charge in [-0.15, -0.1) is 11.3 Å². The van der Waals surface area contributed by atoms with Gasteiger partial charge in [0, 0.05) is 4.88 Å². The lowest BCUT2D eigenvalue weighted by Gasteiger charge is -2.16. The van der Waals surface area contributed by atoms with E-state index < -0.39 is 5.69 Å². The number of nitrogens with one attached hydrogen (secondary N) is 1. The van der Waals surface area contributed by atoms with Gasteiger partial charge < -0.3 is 5.32 Å². The number of para-hydroxylation sites is 1. The molecule has 7 heteroatoms. The Labute approximate surface area is 218 Å². The zero-order valence-corrected chi connectivity index (χ0v) is 21.5.